The third-order valence-electron chi connectivity index (χ3n) is 11.3. The van der Waals surface area contributed by atoms with Crippen molar-refractivity contribution in [2.45, 2.75) is 0 Å². The van der Waals surface area contributed by atoms with Gasteiger partial charge in [-0.1, -0.05) is 152 Å². The zero-order chi connectivity index (χ0) is 37.0. The first-order chi connectivity index (χ1) is 27.8. The summed E-state index contributed by atoms with van der Waals surface area (Å²) in [4.78, 5) is 0. The highest BCUT2D eigenvalue weighted by atomic mass is 15.0. The quantitative estimate of drug-likeness (QED) is 0.162. The van der Waals surface area contributed by atoms with Crippen LogP contribution >= 0.6 is 0 Å². The minimum absolute atomic E-state index is 1.14. The van der Waals surface area contributed by atoms with Crippen LogP contribution in [0.25, 0.3) is 99.5 Å². The molecular formula is C54H36N2. The van der Waals surface area contributed by atoms with E-state index in [-0.39, 0.29) is 0 Å². The molecule has 2 heterocycles. The van der Waals surface area contributed by atoms with E-state index in [2.05, 4.69) is 228 Å². The summed E-state index contributed by atoms with van der Waals surface area (Å²) in [5, 5.41) is 4.97. The van der Waals surface area contributed by atoms with E-state index in [0.717, 1.165) is 11.4 Å². The topological polar surface area (TPSA) is 9.86 Å². The SMILES string of the molecule is c1ccc(-c2cc(-c3ccccc3)cc(-n3c4ccc(-c5ccccc5)cc4c4cc(-c5ccc6c7ccccc7n(-c7ccccc7)c6c5)ccc43)c2)cc1. The van der Waals surface area contributed by atoms with Crippen molar-refractivity contribution in [1.82, 2.24) is 9.13 Å². The summed E-state index contributed by atoms with van der Waals surface area (Å²) >= 11 is 0. The molecule has 0 fully saturated rings. The van der Waals surface area contributed by atoms with Crippen LogP contribution < -0.4 is 0 Å². The van der Waals surface area contributed by atoms with E-state index < -0.39 is 0 Å². The Kier molecular flexibility index (Phi) is 7.53. The molecule has 0 aliphatic carbocycles. The summed E-state index contributed by atoms with van der Waals surface area (Å²) in [6.45, 7) is 0. The van der Waals surface area contributed by atoms with Crippen LogP contribution in [-0.2, 0) is 0 Å². The van der Waals surface area contributed by atoms with Crippen LogP contribution in [-0.4, -0.2) is 9.13 Å². The lowest BCUT2D eigenvalue weighted by molar-refractivity contribution is 1.18. The number of fused-ring (bicyclic) bond motifs is 6. The summed E-state index contributed by atoms with van der Waals surface area (Å²) in [6, 6.07) is 79.5. The molecule has 0 unspecified atom stereocenters. The predicted octanol–water partition coefficient (Wildman–Crippen LogP) is 14.5. The normalized spacial score (nSPS) is 11.6. The van der Waals surface area contributed by atoms with Gasteiger partial charge in [0, 0.05) is 32.9 Å². The number of hydrogen-bond donors (Lipinski definition) is 0. The first-order valence-electron chi connectivity index (χ1n) is 19.3. The molecule has 11 aromatic rings. The van der Waals surface area contributed by atoms with E-state index in [1.54, 1.807) is 0 Å². The van der Waals surface area contributed by atoms with E-state index in [4.69, 9.17) is 0 Å². The van der Waals surface area contributed by atoms with Gasteiger partial charge >= 0.3 is 0 Å². The Morgan fingerprint density at radius 1 is 0.196 bits per heavy atom. The molecule has 2 nitrogen and oxygen atoms in total. The van der Waals surface area contributed by atoms with E-state index >= 15 is 0 Å². The molecule has 0 aliphatic heterocycles. The van der Waals surface area contributed by atoms with Crippen molar-refractivity contribution >= 4 is 43.6 Å². The molecule has 2 heteroatoms. The average molecular weight is 713 g/mol. The maximum absolute atomic E-state index is 2.46. The zero-order valence-corrected chi connectivity index (χ0v) is 30.7. The molecule has 0 bridgehead atoms. The fourth-order valence-electron chi connectivity index (χ4n) is 8.63. The molecule has 9 aromatic carbocycles. The van der Waals surface area contributed by atoms with E-state index in [1.807, 2.05) is 0 Å². The minimum atomic E-state index is 1.14. The first kappa shape index (κ1) is 32.0. The summed E-state index contributed by atoms with van der Waals surface area (Å²) in [7, 11) is 0. The van der Waals surface area contributed by atoms with Crippen LogP contribution in [0.5, 0.6) is 0 Å². The lowest BCUT2D eigenvalue weighted by Gasteiger charge is -2.14. The van der Waals surface area contributed by atoms with E-state index in [9.17, 15) is 0 Å². The molecule has 0 amide bonds. The number of nitrogens with zero attached hydrogens (tertiary/aromatic N) is 2. The van der Waals surface area contributed by atoms with Gasteiger partial charge in [-0.25, -0.2) is 0 Å². The second-order valence-electron chi connectivity index (χ2n) is 14.6. The van der Waals surface area contributed by atoms with Crippen LogP contribution in [0.15, 0.2) is 218 Å². The van der Waals surface area contributed by atoms with Gasteiger partial charge < -0.3 is 9.13 Å². The third-order valence-corrected chi connectivity index (χ3v) is 11.3. The van der Waals surface area contributed by atoms with E-state index in [1.165, 1.54) is 88.1 Å². The highest BCUT2D eigenvalue weighted by Crippen LogP contribution is 2.41. The van der Waals surface area contributed by atoms with Crippen LogP contribution in [0.2, 0.25) is 0 Å². The van der Waals surface area contributed by atoms with Crippen molar-refractivity contribution in [3.05, 3.63) is 218 Å². The van der Waals surface area contributed by atoms with Gasteiger partial charge in [0.15, 0.2) is 0 Å². The molecule has 0 spiro atoms. The van der Waals surface area contributed by atoms with Crippen LogP contribution in [0, 0.1) is 0 Å². The standard InChI is InChI=1S/C54H36N2/c1-5-15-37(16-6-1)40-26-29-52-49(34-40)50-35-41(42-25-28-48-47-23-13-14-24-51(47)55(54(48)36-42)45-21-11-4-12-22-45)27-30-53(50)56(52)46-32-43(38-17-7-2-8-18-38)31-44(33-46)39-19-9-3-10-20-39/h1-36H. The van der Waals surface area contributed by atoms with Crippen molar-refractivity contribution in [2.24, 2.45) is 0 Å². The second-order valence-corrected chi connectivity index (χ2v) is 14.6. The fraction of sp³-hybridized carbons (Fsp3) is 0. The van der Waals surface area contributed by atoms with Gasteiger partial charge in [0.2, 0.25) is 0 Å². The van der Waals surface area contributed by atoms with Gasteiger partial charge in [-0.15, -0.1) is 0 Å². The average Bonchev–Trinajstić information content (AvgIpc) is 3.79. The molecule has 262 valence electrons. The molecule has 2 aromatic heterocycles. The predicted molar refractivity (Wildman–Crippen MR) is 237 cm³/mol. The summed E-state index contributed by atoms with van der Waals surface area (Å²) < 4.78 is 4.85. The fourth-order valence-corrected chi connectivity index (χ4v) is 8.63. The minimum Gasteiger partial charge on any atom is -0.309 e. The van der Waals surface area contributed by atoms with Gasteiger partial charge in [-0.05, 0) is 111 Å². The van der Waals surface area contributed by atoms with Crippen molar-refractivity contribution in [3.8, 4) is 55.9 Å². The molecule has 0 atom stereocenters. The molecule has 11 rings (SSSR count). The smallest absolute Gasteiger partial charge is 0.0547 e. The van der Waals surface area contributed by atoms with Crippen molar-refractivity contribution < 1.29 is 0 Å². The Balaban J connectivity index is 1.16. The monoisotopic (exact) mass is 712 g/mol. The number of aromatic nitrogens is 2. The molecule has 0 aliphatic rings. The Morgan fingerprint density at radius 2 is 0.607 bits per heavy atom. The molecule has 0 saturated heterocycles. The van der Waals surface area contributed by atoms with Gasteiger partial charge in [-0.3, -0.25) is 0 Å². The van der Waals surface area contributed by atoms with Crippen LogP contribution in [0.4, 0.5) is 0 Å². The number of rotatable bonds is 6. The Labute approximate surface area is 325 Å². The molecule has 0 saturated carbocycles. The Bertz CT molecular complexity index is 3150. The first-order valence-corrected chi connectivity index (χ1v) is 19.3. The van der Waals surface area contributed by atoms with Crippen molar-refractivity contribution in [2.75, 3.05) is 0 Å². The maximum atomic E-state index is 2.46. The lowest BCUT2D eigenvalue weighted by Crippen LogP contribution is -1.96. The highest BCUT2D eigenvalue weighted by Gasteiger charge is 2.18. The number of para-hydroxylation sites is 2. The molecular weight excluding hydrogens is 677 g/mol. The molecule has 0 N–H and O–H groups in total. The summed E-state index contributed by atoms with van der Waals surface area (Å²) in [5.74, 6) is 0. The largest absolute Gasteiger partial charge is 0.309 e. The molecule has 0 radical (unpaired) electrons. The van der Waals surface area contributed by atoms with Gasteiger partial charge in [0.1, 0.15) is 0 Å². The number of benzene rings is 9. The van der Waals surface area contributed by atoms with Crippen LogP contribution in [0.3, 0.4) is 0 Å². The highest BCUT2D eigenvalue weighted by molar-refractivity contribution is 6.13. The lowest BCUT2D eigenvalue weighted by atomic mass is 9.98. The summed E-state index contributed by atoms with van der Waals surface area (Å²) in [6.07, 6.45) is 0. The number of hydrogen-bond acceptors (Lipinski definition) is 0. The summed E-state index contributed by atoms with van der Waals surface area (Å²) in [5.41, 5.74) is 16.7. The third kappa shape index (κ3) is 5.34. The Hall–Kier alpha value is -7.42. The van der Waals surface area contributed by atoms with Gasteiger partial charge in [-0.2, -0.15) is 0 Å². The second kappa shape index (κ2) is 13.2. The Morgan fingerprint density at radius 3 is 1.20 bits per heavy atom. The van der Waals surface area contributed by atoms with Gasteiger partial charge in [0.05, 0.1) is 22.1 Å². The maximum Gasteiger partial charge on any atom is 0.0547 e. The van der Waals surface area contributed by atoms with Crippen molar-refractivity contribution in [3.63, 3.8) is 0 Å². The zero-order valence-electron chi connectivity index (χ0n) is 30.7. The molecule has 56 heavy (non-hydrogen) atoms. The van der Waals surface area contributed by atoms with Gasteiger partial charge in [0.25, 0.3) is 0 Å². The van der Waals surface area contributed by atoms with Crippen LogP contribution in [0.1, 0.15) is 0 Å². The van der Waals surface area contributed by atoms with Crippen molar-refractivity contribution in [1.29, 1.82) is 0 Å². The van der Waals surface area contributed by atoms with E-state index in [0.29, 0.717) is 0 Å².